The van der Waals surface area contributed by atoms with Gasteiger partial charge in [-0.15, -0.1) is 0 Å². The van der Waals surface area contributed by atoms with Crippen LogP contribution in [0.4, 0.5) is 4.39 Å². The quantitative estimate of drug-likeness (QED) is 0.919. The van der Waals surface area contributed by atoms with Crippen LogP contribution in [0, 0.1) is 5.82 Å². The highest BCUT2D eigenvalue weighted by Crippen LogP contribution is 2.40. The minimum Gasteiger partial charge on any atom is -0.476 e. The summed E-state index contributed by atoms with van der Waals surface area (Å²) in [5.74, 6) is -0.974. The summed E-state index contributed by atoms with van der Waals surface area (Å²) in [6.07, 6.45) is 2.09. The third-order valence-corrected chi connectivity index (χ3v) is 3.30. The summed E-state index contributed by atoms with van der Waals surface area (Å²) in [4.78, 5) is 11.0. The second-order valence-corrected chi connectivity index (χ2v) is 4.78. The Hall–Kier alpha value is -2.17. The van der Waals surface area contributed by atoms with Crippen LogP contribution in [0.3, 0.4) is 0 Å². The molecule has 1 aromatic heterocycles. The number of carboxylic acids is 1. The largest absolute Gasteiger partial charge is 0.476 e. The molecule has 1 saturated carbocycles. The number of rotatable bonds is 4. The van der Waals surface area contributed by atoms with Crippen LogP contribution in [0.5, 0.6) is 0 Å². The second kappa shape index (κ2) is 4.50. The highest BCUT2D eigenvalue weighted by atomic mass is 19.1. The number of aromatic nitrogens is 2. The van der Waals surface area contributed by atoms with Gasteiger partial charge in [0.15, 0.2) is 5.69 Å². The predicted octanol–water partition coefficient (Wildman–Crippen LogP) is 2.65. The van der Waals surface area contributed by atoms with Gasteiger partial charge >= 0.3 is 5.97 Å². The maximum atomic E-state index is 13.6. The molecule has 0 bridgehead atoms. The van der Waals surface area contributed by atoms with Gasteiger partial charge in [0, 0.05) is 17.2 Å². The van der Waals surface area contributed by atoms with E-state index in [-0.39, 0.29) is 18.1 Å². The number of benzene rings is 1. The molecule has 0 aliphatic heterocycles. The normalized spacial score (nSPS) is 14.6. The lowest BCUT2D eigenvalue weighted by Gasteiger charge is -2.07. The Bertz CT molecular complexity index is 632. The molecule has 98 valence electrons. The highest BCUT2D eigenvalue weighted by Gasteiger charge is 2.29. The van der Waals surface area contributed by atoms with Crippen LogP contribution in [0.15, 0.2) is 30.3 Å². The molecule has 0 spiro atoms. The molecule has 4 nitrogen and oxygen atoms in total. The summed E-state index contributed by atoms with van der Waals surface area (Å²) in [6.45, 7) is 0.270. The second-order valence-electron chi connectivity index (χ2n) is 4.78. The lowest BCUT2D eigenvalue weighted by atomic mass is 10.2. The molecule has 19 heavy (non-hydrogen) atoms. The van der Waals surface area contributed by atoms with E-state index in [0.717, 1.165) is 18.5 Å². The van der Waals surface area contributed by atoms with Gasteiger partial charge in [-0.2, -0.15) is 5.10 Å². The van der Waals surface area contributed by atoms with Crippen molar-refractivity contribution in [3.63, 3.8) is 0 Å². The van der Waals surface area contributed by atoms with Gasteiger partial charge in [0.05, 0.1) is 6.54 Å². The third kappa shape index (κ3) is 2.36. The number of hydrogen-bond acceptors (Lipinski definition) is 2. The van der Waals surface area contributed by atoms with E-state index in [0.29, 0.717) is 11.5 Å². The summed E-state index contributed by atoms with van der Waals surface area (Å²) in [6, 6.07) is 8.08. The van der Waals surface area contributed by atoms with Crippen molar-refractivity contribution >= 4 is 5.97 Å². The monoisotopic (exact) mass is 260 g/mol. The summed E-state index contributed by atoms with van der Waals surface area (Å²) in [7, 11) is 0. The van der Waals surface area contributed by atoms with Crippen LogP contribution in [-0.2, 0) is 6.54 Å². The van der Waals surface area contributed by atoms with E-state index < -0.39 is 5.97 Å². The Labute approximate surface area is 109 Å². The zero-order chi connectivity index (χ0) is 13.4. The predicted molar refractivity (Wildman–Crippen MR) is 66.7 cm³/mol. The fourth-order valence-corrected chi connectivity index (χ4v) is 2.16. The van der Waals surface area contributed by atoms with Gasteiger partial charge in [0.2, 0.25) is 0 Å². The fraction of sp³-hybridized carbons (Fsp3) is 0.286. The van der Waals surface area contributed by atoms with Crippen molar-refractivity contribution in [3.8, 4) is 0 Å². The Morgan fingerprint density at radius 2 is 2.16 bits per heavy atom. The molecule has 2 aromatic rings. The van der Waals surface area contributed by atoms with Crippen molar-refractivity contribution in [3.05, 3.63) is 53.1 Å². The fourth-order valence-electron chi connectivity index (χ4n) is 2.16. The van der Waals surface area contributed by atoms with Crippen LogP contribution < -0.4 is 0 Å². The van der Waals surface area contributed by atoms with Crippen LogP contribution in [0.25, 0.3) is 0 Å². The van der Waals surface area contributed by atoms with E-state index in [4.69, 9.17) is 5.11 Å². The van der Waals surface area contributed by atoms with Gasteiger partial charge in [-0.1, -0.05) is 18.2 Å². The van der Waals surface area contributed by atoms with Gasteiger partial charge in [-0.05, 0) is 25.0 Å². The zero-order valence-corrected chi connectivity index (χ0v) is 10.2. The SMILES string of the molecule is O=C(O)c1cc(C2CC2)n(Cc2ccccc2F)n1. The molecule has 0 atom stereocenters. The van der Waals surface area contributed by atoms with E-state index in [1.807, 2.05) is 0 Å². The van der Waals surface area contributed by atoms with E-state index >= 15 is 0 Å². The standard InChI is InChI=1S/C14H13FN2O2/c15-11-4-2-1-3-10(11)8-17-13(9-5-6-9)7-12(16-17)14(18)19/h1-4,7,9H,5-6,8H2,(H,18,19). The molecule has 0 radical (unpaired) electrons. The number of halogens is 1. The maximum Gasteiger partial charge on any atom is 0.356 e. The van der Waals surface area contributed by atoms with Crippen molar-refractivity contribution in [2.24, 2.45) is 0 Å². The van der Waals surface area contributed by atoms with Crippen molar-refractivity contribution < 1.29 is 14.3 Å². The minimum atomic E-state index is -1.05. The van der Waals surface area contributed by atoms with Crippen molar-refractivity contribution in [1.82, 2.24) is 9.78 Å². The average molecular weight is 260 g/mol. The van der Waals surface area contributed by atoms with Crippen molar-refractivity contribution in [2.45, 2.75) is 25.3 Å². The lowest BCUT2D eigenvalue weighted by molar-refractivity contribution is 0.0689. The Balaban J connectivity index is 1.95. The number of hydrogen-bond donors (Lipinski definition) is 1. The van der Waals surface area contributed by atoms with Crippen LogP contribution >= 0.6 is 0 Å². The number of nitrogens with zero attached hydrogens (tertiary/aromatic N) is 2. The first-order chi connectivity index (χ1) is 9.15. The van der Waals surface area contributed by atoms with E-state index in [1.54, 1.807) is 28.9 Å². The Morgan fingerprint density at radius 3 is 2.79 bits per heavy atom. The van der Waals surface area contributed by atoms with Crippen molar-refractivity contribution in [1.29, 1.82) is 0 Å². The molecular formula is C14H13FN2O2. The highest BCUT2D eigenvalue weighted by molar-refractivity contribution is 5.85. The van der Waals surface area contributed by atoms with Gasteiger partial charge < -0.3 is 5.11 Å². The molecule has 3 rings (SSSR count). The molecule has 0 unspecified atom stereocenters. The molecule has 0 saturated heterocycles. The van der Waals surface area contributed by atoms with Gasteiger partial charge in [-0.25, -0.2) is 9.18 Å². The minimum absolute atomic E-state index is 0.0261. The molecule has 1 aliphatic carbocycles. The first-order valence-corrected chi connectivity index (χ1v) is 6.19. The van der Waals surface area contributed by atoms with Gasteiger partial charge in [0.1, 0.15) is 5.82 Å². The first-order valence-electron chi connectivity index (χ1n) is 6.19. The molecular weight excluding hydrogens is 247 g/mol. The van der Waals surface area contributed by atoms with Crippen LogP contribution in [0.1, 0.15) is 40.5 Å². The van der Waals surface area contributed by atoms with Crippen LogP contribution in [0.2, 0.25) is 0 Å². The number of carboxylic acid groups (broad SMARTS) is 1. The van der Waals surface area contributed by atoms with E-state index in [9.17, 15) is 9.18 Å². The smallest absolute Gasteiger partial charge is 0.356 e. The summed E-state index contributed by atoms with van der Waals surface area (Å²) >= 11 is 0. The zero-order valence-electron chi connectivity index (χ0n) is 10.2. The summed E-state index contributed by atoms with van der Waals surface area (Å²) < 4.78 is 15.2. The Kier molecular flexibility index (Phi) is 2.81. The molecule has 5 heteroatoms. The van der Waals surface area contributed by atoms with Gasteiger partial charge in [-0.3, -0.25) is 4.68 Å². The lowest BCUT2D eigenvalue weighted by Crippen LogP contribution is -2.08. The van der Waals surface area contributed by atoms with Crippen molar-refractivity contribution in [2.75, 3.05) is 0 Å². The average Bonchev–Trinajstić information content (AvgIpc) is 3.13. The number of carbonyl (C=O) groups is 1. The third-order valence-electron chi connectivity index (χ3n) is 3.30. The van der Waals surface area contributed by atoms with Crippen LogP contribution in [-0.4, -0.2) is 20.9 Å². The van der Waals surface area contributed by atoms with E-state index in [2.05, 4.69) is 5.10 Å². The molecule has 1 heterocycles. The number of aromatic carboxylic acids is 1. The molecule has 1 aliphatic rings. The van der Waals surface area contributed by atoms with Gasteiger partial charge in [0.25, 0.3) is 0 Å². The molecule has 1 N–H and O–H groups in total. The molecule has 1 aromatic carbocycles. The summed E-state index contributed by atoms with van der Waals surface area (Å²) in [5, 5.41) is 13.1. The first kappa shape index (κ1) is 11.9. The Morgan fingerprint density at radius 1 is 1.42 bits per heavy atom. The topological polar surface area (TPSA) is 55.1 Å². The summed E-state index contributed by atoms with van der Waals surface area (Å²) in [5.41, 5.74) is 1.43. The maximum absolute atomic E-state index is 13.6. The van der Waals surface area contributed by atoms with E-state index in [1.165, 1.54) is 6.07 Å². The molecule has 1 fully saturated rings. The molecule has 0 amide bonds.